The van der Waals surface area contributed by atoms with Crippen molar-refractivity contribution in [1.29, 1.82) is 0 Å². The van der Waals surface area contributed by atoms with Crippen LogP contribution < -0.4 is 5.32 Å². The predicted molar refractivity (Wildman–Crippen MR) is 76.2 cm³/mol. The number of aromatic nitrogens is 4. The Morgan fingerprint density at radius 1 is 1.30 bits per heavy atom. The number of aryl methyl sites for hydroxylation is 1. The van der Waals surface area contributed by atoms with Gasteiger partial charge in [0.25, 0.3) is 0 Å². The standard InChI is InChI=1S/C15H19N5/c1-20-8-7-17-15(20)14-18-12-5-6-16-9-11(12)13(19-14)10-3-2-4-10/h7-8,10,16H,2-6,9H2,1H3. The molecule has 104 valence electrons. The van der Waals surface area contributed by atoms with E-state index in [4.69, 9.17) is 9.97 Å². The molecule has 0 unspecified atom stereocenters. The Balaban J connectivity index is 1.86. The topological polar surface area (TPSA) is 55.6 Å². The van der Waals surface area contributed by atoms with Gasteiger partial charge in [0, 0.05) is 50.4 Å². The number of nitrogens with zero attached hydrogens (tertiary/aromatic N) is 4. The molecule has 1 saturated carbocycles. The molecule has 2 aliphatic rings. The number of nitrogens with one attached hydrogen (secondary N) is 1. The smallest absolute Gasteiger partial charge is 0.196 e. The zero-order chi connectivity index (χ0) is 13.5. The molecule has 1 fully saturated rings. The maximum absolute atomic E-state index is 4.88. The maximum Gasteiger partial charge on any atom is 0.196 e. The lowest BCUT2D eigenvalue weighted by atomic mass is 9.80. The average Bonchev–Trinajstić information content (AvgIpc) is 2.83. The van der Waals surface area contributed by atoms with E-state index in [1.54, 1.807) is 0 Å². The molecule has 0 amide bonds. The Labute approximate surface area is 118 Å². The molecule has 5 nitrogen and oxygen atoms in total. The van der Waals surface area contributed by atoms with Crippen molar-refractivity contribution < 1.29 is 0 Å². The third-order valence-electron chi connectivity index (χ3n) is 4.48. The van der Waals surface area contributed by atoms with E-state index in [2.05, 4.69) is 10.3 Å². The van der Waals surface area contributed by atoms with Crippen molar-refractivity contribution in [3.63, 3.8) is 0 Å². The molecule has 2 aromatic rings. The number of hydrogen-bond donors (Lipinski definition) is 1. The highest BCUT2D eigenvalue weighted by Crippen LogP contribution is 2.38. The van der Waals surface area contributed by atoms with Crippen molar-refractivity contribution in [2.75, 3.05) is 6.54 Å². The van der Waals surface area contributed by atoms with Gasteiger partial charge < -0.3 is 9.88 Å². The van der Waals surface area contributed by atoms with Crippen LogP contribution in [0.25, 0.3) is 11.6 Å². The van der Waals surface area contributed by atoms with Gasteiger partial charge in [0.15, 0.2) is 11.6 Å². The molecule has 1 aliphatic heterocycles. The highest BCUT2D eigenvalue weighted by atomic mass is 15.1. The van der Waals surface area contributed by atoms with E-state index >= 15 is 0 Å². The monoisotopic (exact) mass is 269 g/mol. The van der Waals surface area contributed by atoms with E-state index in [1.165, 1.54) is 36.2 Å². The van der Waals surface area contributed by atoms with Crippen LogP contribution in [0.2, 0.25) is 0 Å². The molecule has 0 bridgehead atoms. The molecule has 20 heavy (non-hydrogen) atoms. The fraction of sp³-hybridized carbons (Fsp3) is 0.533. The molecular weight excluding hydrogens is 250 g/mol. The molecule has 0 radical (unpaired) electrons. The van der Waals surface area contributed by atoms with Crippen LogP contribution >= 0.6 is 0 Å². The van der Waals surface area contributed by atoms with E-state index in [0.29, 0.717) is 5.92 Å². The van der Waals surface area contributed by atoms with E-state index in [-0.39, 0.29) is 0 Å². The first kappa shape index (κ1) is 12.0. The molecule has 1 aliphatic carbocycles. The van der Waals surface area contributed by atoms with Gasteiger partial charge in [0.1, 0.15) is 0 Å². The lowest BCUT2D eigenvalue weighted by Crippen LogP contribution is -2.28. The minimum absolute atomic E-state index is 0.630. The van der Waals surface area contributed by atoms with E-state index in [0.717, 1.165) is 31.2 Å². The second kappa shape index (κ2) is 4.66. The fourth-order valence-electron chi connectivity index (χ4n) is 3.07. The maximum atomic E-state index is 4.88. The summed E-state index contributed by atoms with van der Waals surface area (Å²) in [5.74, 6) is 2.29. The number of rotatable bonds is 2. The van der Waals surface area contributed by atoms with Gasteiger partial charge in [-0.15, -0.1) is 0 Å². The number of hydrogen-bond acceptors (Lipinski definition) is 4. The van der Waals surface area contributed by atoms with E-state index in [1.807, 2.05) is 24.0 Å². The second-order valence-electron chi connectivity index (χ2n) is 5.77. The lowest BCUT2D eigenvalue weighted by Gasteiger charge is -2.29. The van der Waals surface area contributed by atoms with Crippen LogP contribution in [0.15, 0.2) is 12.4 Å². The van der Waals surface area contributed by atoms with Gasteiger partial charge >= 0.3 is 0 Å². The summed E-state index contributed by atoms with van der Waals surface area (Å²) in [6.45, 7) is 1.93. The first-order valence-corrected chi connectivity index (χ1v) is 7.41. The first-order chi connectivity index (χ1) is 9.83. The van der Waals surface area contributed by atoms with Crippen molar-refractivity contribution in [2.24, 2.45) is 7.05 Å². The largest absolute Gasteiger partial charge is 0.331 e. The second-order valence-corrected chi connectivity index (χ2v) is 5.77. The van der Waals surface area contributed by atoms with Crippen molar-refractivity contribution in [3.05, 3.63) is 29.3 Å². The van der Waals surface area contributed by atoms with Crippen LogP contribution in [0.3, 0.4) is 0 Å². The van der Waals surface area contributed by atoms with Crippen LogP contribution in [0.5, 0.6) is 0 Å². The Morgan fingerprint density at radius 2 is 2.20 bits per heavy atom. The molecule has 3 heterocycles. The minimum Gasteiger partial charge on any atom is -0.331 e. The van der Waals surface area contributed by atoms with Gasteiger partial charge in [-0.2, -0.15) is 0 Å². The van der Waals surface area contributed by atoms with Crippen molar-refractivity contribution in [3.8, 4) is 11.6 Å². The Morgan fingerprint density at radius 3 is 2.90 bits per heavy atom. The van der Waals surface area contributed by atoms with Gasteiger partial charge in [0.05, 0.1) is 11.4 Å². The first-order valence-electron chi connectivity index (χ1n) is 7.41. The van der Waals surface area contributed by atoms with E-state index < -0.39 is 0 Å². The van der Waals surface area contributed by atoms with Gasteiger partial charge in [-0.05, 0) is 12.8 Å². The average molecular weight is 269 g/mol. The molecule has 0 saturated heterocycles. The summed E-state index contributed by atoms with van der Waals surface area (Å²) >= 11 is 0. The summed E-state index contributed by atoms with van der Waals surface area (Å²) in [5.41, 5.74) is 3.84. The molecule has 2 aromatic heterocycles. The zero-order valence-electron chi connectivity index (χ0n) is 11.8. The SMILES string of the molecule is Cn1ccnc1-c1nc2c(c(C3CCC3)n1)CNCC2. The van der Waals surface area contributed by atoms with Gasteiger partial charge in [0.2, 0.25) is 0 Å². The minimum atomic E-state index is 0.630. The summed E-state index contributed by atoms with van der Waals surface area (Å²) in [7, 11) is 2.00. The van der Waals surface area contributed by atoms with Gasteiger partial charge in [-0.1, -0.05) is 6.42 Å². The third-order valence-corrected chi connectivity index (χ3v) is 4.48. The molecule has 0 aromatic carbocycles. The van der Waals surface area contributed by atoms with Gasteiger partial charge in [-0.25, -0.2) is 15.0 Å². The van der Waals surface area contributed by atoms with Crippen LogP contribution in [-0.4, -0.2) is 26.1 Å². The highest BCUT2D eigenvalue weighted by Gasteiger charge is 2.28. The molecular formula is C15H19N5. The molecule has 4 rings (SSSR count). The normalized spacial score (nSPS) is 18.6. The summed E-state index contributed by atoms with van der Waals surface area (Å²) in [4.78, 5) is 14.1. The predicted octanol–water partition coefficient (Wildman–Crippen LogP) is 1.79. The summed E-state index contributed by atoms with van der Waals surface area (Å²) < 4.78 is 1.99. The van der Waals surface area contributed by atoms with Crippen molar-refractivity contribution in [1.82, 2.24) is 24.8 Å². The molecule has 5 heteroatoms. The fourth-order valence-corrected chi connectivity index (χ4v) is 3.07. The summed E-state index contributed by atoms with van der Waals surface area (Å²) in [6, 6.07) is 0. The summed E-state index contributed by atoms with van der Waals surface area (Å²) in [6.07, 6.45) is 8.61. The molecule has 1 N–H and O–H groups in total. The van der Waals surface area contributed by atoms with Crippen LogP contribution in [0.4, 0.5) is 0 Å². The third kappa shape index (κ3) is 1.85. The van der Waals surface area contributed by atoms with Crippen molar-refractivity contribution >= 4 is 0 Å². The van der Waals surface area contributed by atoms with Gasteiger partial charge in [-0.3, -0.25) is 0 Å². The number of fused-ring (bicyclic) bond motifs is 1. The summed E-state index contributed by atoms with van der Waals surface area (Å²) in [5, 5.41) is 3.45. The Bertz CT molecular complexity index is 642. The van der Waals surface area contributed by atoms with Crippen LogP contribution in [0.1, 0.15) is 42.1 Å². The quantitative estimate of drug-likeness (QED) is 0.903. The Kier molecular flexibility index (Phi) is 2.80. The van der Waals surface area contributed by atoms with Crippen LogP contribution in [0, 0.1) is 0 Å². The van der Waals surface area contributed by atoms with E-state index in [9.17, 15) is 0 Å². The number of imidazole rings is 1. The molecule has 0 atom stereocenters. The van der Waals surface area contributed by atoms with Crippen LogP contribution in [-0.2, 0) is 20.0 Å². The highest BCUT2D eigenvalue weighted by molar-refractivity contribution is 5.47. The van der Waals surface area contributed by atoms with Crippen molar-refractivity contribution in [2.45, 2.75) is 38.1 Å². The lowest BCUT2D eigenvalue weighted by molar-refractivity contribution is 0.404. The molecule has 0 spiro atoms. The Hall–Kier alpha value is -1.75. The zero-order valence-corrected chi connectivity index (χ0v) is 11.8.